The number of hydrogen-bond acceptors (Lipinski definition) is 5. The van der Waals surface area contributed by atoms with E-state index in [0.29, 0.717) is 5.82 Å². The number of pyridine rings is 1. The standard InChI is InChI=1S/C9H10N2O2S.CH3NOS/c1-2-8(12)13-9(14)11-7-5-3-4-6-10-7;2-1(3)4/h2-6,8,12H,1H2,(H,10,11,14);(H3,2,3,4). The molecule has 1 aromatic heterocycles. The predicted octanol–water partition coefficient (Wildman–Crippen LogP) is 1.29. The first-order valence-electron chi connectivity index (χ1n) is 4.63. The van der Waals surface area contributed by atoms with Gasteiger partial charge in [0.2, 0.25) is 6.29 Å². The van der Waals surface area contributed by atoms with Crippen LogP contribution in [0.5, 0.6) is 0 Å². The first-order valence-corrected chi connectivity index (χ1v) is 5.49. The number of nitrogens with two attached hydrogens (primary N) is 1. The molecule has 0 saturated carbocycles. The Morgan fingerprint density at radius 2 is 2.33 bits per heavy atom. The zero-order chi connectivity index (χ0) is 14.0. The van der Waals surface area contributed by atoms with Gasteiger partial charge in [-0.3, -0.25) is 4.79 Å². The molecule has 1 unspecified atom stereocenters. The van der Waals surface area contributed by atoms with Crippen LogP contribution in [0.25, 0.3) is 0 Å². The minimum Gasteiger partial charge on any atom is -0.437 e. The van der Waals surface area contributed by atoms with E-state index in [1.807, 2.05) is 6.07 Å². The van der Waals surface area contributed by atoms with Crippen molar-refractivity contribution in [2.75, 3.05) is 5.32 Å². The highest BCUT2D eigenvalue weighted by molar-refractivity contribution is 7.96. The molecular weight excluding hydrogens is 274 g/mol. The van der Waals surface area contributed by atoms with Crippen LogP contribution < -0.4 is 11.1 Å². The molecule has 1 atom stereocenters. The maximum Gasteiger partial charge on any atom is 0.273 e. The maximum absolute atomic E-state index is 9.09. The number of amides is 1. The third-order valence-electron chi connectivity index (χ3n) is 1.32. The molecule has 0 radical (unpaired) electrons. The first kappa shape index (κ1) is 16.4. The number of carbonyl (C=O) groups is 1. The summed E-state index contributed by atoms with van der Waals surface area (Å²) in [5.74, 6) is 0.564. The lowest BCUT2D eigenvalue weighted by molar-refractivity contribution is 0.0175. The fraction of sp³-hybridized carbons (Fsp3) is 0.100. The number of thiol groups is 1. The number of nitrogens with zero attached hydrogens (tertiary/aromatic N) is 1. The van der Waals surface area contributed by atoms with Gasteiger partial charge in [0, 0.05) is 6.20 Å². The number of nitrogens with one attached hydrogen (secondary N) is 1. The van der Waals surface area contributed by atoms with Crippen LogP contribution in [-0.4, -0.2) is 26.8 Å². The van der Waals surface area contributed by atoms with Crippen molar-refractivity contribution >= 4 is 41.1 Å². The summed E-state index contributed by atoms with van der Waals surface area (Å²) in [7, 11) is 0. The molecule has 0 aromatic carbocycles. The molecule has 1 amide bonds. The first-order chi connectivity index (χ1) is 8.45. The minimum atomic E-state index is -1.10. The van der Waals surface area contributed by atoms with Gasteiger partial charge in [-0.25, -0.2) is 4.98 Å². The Morgan fingerprint density at radius 3 is 2.78 bits per heavy atom. The lowest BCUT2D eigenvalue weighted by Gasteiger charge is -2.10. The lowest BCUT2D eigenvalue weighted by atomic mass is 10.5. The summed E-state index contributed by atoms with van der Waals surface area (Å²) in [6, 6.07) is 5.32. The largest absolute Gasteiger partial charge is 0.437 e. The third kappa shape index (κ3) is 9.58. The van der Waals surface area contributed by atoms with Gasteiger partial charge in [0.15, 0.2) is 0 Å². The summed E-state index contributed by atoms with van der Waals surface area (Å²) >= 11 is 7.90. The Bertz CT molecular complexity index is 397. The number of carbonyl (C=O) groups excluding carboxylic acids is 1. The average molecular weight is 287 g/mol. The summed E-state index contributed by atoms with van der Waals surface area (Å²) in [5, 5.41) is 11.1. The Balaban J connectivity index is 0.000000631. The van der Waals surface area contributed by atoms with E-state index in [0.717, 1.165) is 0 Å². The smallest absolute Gasteiger partial charge is 0.273 e. The Hall–Kier alpha value is -1.64. The molecule has 0 bridgehead atoms. The van der Waals surface area contributed by atoms with Gasteiger partial charge in [0.05, 0.1) is 0 Å². The van der Waals surface area contributed by atoms with Gasteiger partial charge < -0.3 is 20.9 Å². The summed E-state index contributed by atoms with van der Waals surface area (Å²) in [6.07, 6.45) is 1.75. The van der Waals surface area contributed by atoms with Crippen molar-refractivity contribution in [1.29, 1.82) is 0 Å². The van der Waals surface area contributed by atoms with Gasteiger partial charge in [0.1, 0.15) is 5.82 Å². The molecule has 18 heavy (non-hydrogen) atoms. The van der Waals surface area contributed by atoms with Crippen molar-refractivity contribution in [3.05, 3.63) is 37.1 Å². The van der Waals surface area contributed by atoms with Crippen molar-refractivity contribution in [3.63, 3.8) is 0 Å². The molecule has 0 aliphatic rings. The van der Waals surface area contributed by atoms with E-state index in [9.17, 15) is 0 Å². The quantitative estimate of drug-likeness (QED) is 0.289. The minimum absolute atomic E-state index is 0.0519. The van der Waals surface area contributed by atoms with Crippen LogP contribution in [0, 0.1) is 0 Å². The SMILES string of the molecule is C=CC(O)OC(=S)Nc1ccccn1.NC(=O)S. The molecule has 1 heterocycles. The van der Waals surface area contributed by atoms with Crippen LogP contribution in [0.1, 0.15) is 0 Å². The normalized spacial score (nSPS) is 10.3. The van der Waals surface area contributed by atoms with Gasteiger partial charge in [0.25, 0.3) is 10.4 Å². The number of aliphatic hydroxyl groups is 1. The van der Waals surface area contributed by atoms with Crippen molar-refractivity contribution < 1.29 is 14.6 Å². The number of anilines is 1. The molecule has 8 heteroatoms. The lowest BCUT2D eigenvalue weighted by Crippen LogP contribution is -2.20. The fourth-order valence-corrected chi connectivity index (χ4v) is 0.932. The molecular formula is C10H13N3O3S2. The van der Waals surface area contributed by atoms with E-state index < -0.39 is 11.5 Å². The zero-order valence-electron chi connectivity index (χ0n) is 9.31. The van der Waals surface area contributed by atoms with Gasteiger partial charge in [-0.05, 0) is 30.4 Å². The number of hydrogen-bond donors (Lipinski definition) is 4. The molecule has 6 nitrogen and oxygen atoms in total. The molecule has 0 spiro atoms. The number of rotatable bonds is 3. The van der Waals surface area contributed by atoms with Crippen LogP contribution in [0.15, 0.2) is 37.1 Å². The number of aromatic nitrogens is 1. The molecule has 0 saturated heterocycles. The van der Waals surface area contributed by atoms with Crippen molar-refractivity contribution in [1.82, 2.24) is 4.98 Å². The molecule has 0 aliphatic carbocycles. The average Bonchev–Trinajstić information content (AvgIpc) is 2.29. The van der Waals surface area contributed by atoms with E-state index in [-0.39, 0.29) is 5.17 Å². The maximum atomic E-state index is 9.09. The molecule has 0 fully saturated rings. The second kappa shape index (κ2) is 9.40. The highest BCUT2D eigenvalue weighted by atomic mass is 32.1. The van der Waals surface area contributed by atoms with E-state index in [4.69, 9.17) is 26.9 Å². The third-order valence-corrected chi connectivity index (χ3v) is 1.52. The molecule has 98 valence electrons. The fourth-order valence-electron chi connectivity index (χ4n) is 0.729. The van der Waals surface area contributed by atoms with Crippen molar-refractivity contribution in [2.45, 2.75) is 6.29 Å². The Kier molecular flexibility index (Phi) is 8.54. The summed E-state index contributed by atoms with van der Waals surface area (Å²) in [5.41, 5.74) is 4.34. The van der Waals surface area contributed by atoms with Crippen LogP contribution in [-0.2, 0) is 4.74 Å². The number of aliphatic hydroxyl groups excluding tert-OH is 1. The summed E-state index contributed by atoms with van der Waals surface area (Å²) in [4.78, 5) is 13.1. The van der Waals surface area contributed by atoms with Crippen LogP contribution >= 0.6 is 24.8 Å². The van der Waals surface area contributed by atoms with Crippen molar-refractivity contribution in [2.24, 2.45) is 5.73 Å². The molecule has 4 N–H and O–H groups in total. The van der Waals surface area contributed by atoms with Crippen LogP contribution in [0.4, 0.5) is 10.6 Å². The van der Waals surface area contributed by atoms with E-state index >= 15 is 0 Å². The molecule has 1 aromatic rings. The van der Waals surface area contributed by atoms with Gasteiger partial charge in [-0.15, -0.1) is 0 Å². The number of primary amides is 1. The summed E-state index contributed by atoms with van der Waals surface area (Å²) in [6.45, 7) is 3.34. The molecule has 0 aliphatic heterocycles. The zero-order valence-corrected chi connectivity index (χ0v) is 11.0. The predicted molar refractivity (Wildman–Crippen MR) is 76.3 cm³/mol. The van der Waals surface area contributed by atoms with Gasteiger partial charge in [-0.2, -0.15) is 0 Å². The van der Waals surface area contributed by atoms with Crippen LogP contribution in [0.2, 0.25) is 0 Å². The highest BCUT2D eigenvalue weighted by Crippen LogP contribution is 2.01. The number of thiocarbonyl (C=S) groups is 1. The van der Waals surface area contributed by atoms with Crippen LogP contribution in [0.3, 0.4) is 0 Å². The van der Waals surface area contributed by atoms with Crippen molar-refractivity contribution in [3.8, 4) is 0 Å². The number of ether oxygens (including phenoxy) is 1. The monoisotopic (exact) mass is 287 g/mol. The second-order valence-corrected chi connectivity index (χ2v) is 3.52. The highest BCUT2D eigenvalue weighted by Gasteiger charge is 2.03. The van der Waals surface area contributed by atoms with Gasteiger partial charge >= 0.3 is 0 Å². The van der Waals surface area contributed by atoms with E-state index in [1.165, 1.54) is 6.08 Å². The Morgan fingerprint density at radius 1 is 1.72 bits per heavy atom. The second-order valence-electron chi connectivity index (χ2n) is 2.71. The Labute approximate surface area is 115 Å². The van der Waals surface area contributed by atoms with E-state index in [1.54, 1.807) is 18.3 Å². The molecule has 1 rings (SSSR count). The van der Waals surface area contributed by atoms with E-state index in [2.05, 4.69) is 35.2 Å². The topological polar surface area (TPSA) is 97.5 Å². The summed E-state index contributed by atoms with van der Waals surface area (Å²) < 4.78 is 4.82. The van der Waals surface area contributed by atoms with Gasteiger partial charge in [-0.1, -0.05) is 25.3 Å².